The fourth-order valence-corrected chi connectivity index (χ4v) is 2.18. The van der Waals surface area contributed by atoms with Crippen LogP contribution in [0.3, 0.4) is 0 Å². The summed E-state index contributed by atoms with van der Waals surface area (Å²) in [6.07, 6.45) is -3.47. The number of amides is 1. The highest BCUT2D eigenvalue weighted by atomic mass is 19.4. The van der Waals surface area contributed by atoms with Gasteiger partial charge in [-0.25, -0.2) is 4.79 Å². The van der Waals surface area contributed by atoms with Gasteiger partial charge in [0.25, 0.3) is 0 Å². The van der Waals surface area contributed by atoms with E-state index in [-0.39, 0.29) is 19.5 Å². The molecule has 0 bridgehead atoms. The Morgan fingerprint density at radius 2 is 1.95 bits per heavy atom. The first-order valence-corrected chi connectivity index (χ1v) is 6.39. The van der Waals surface area contributed by atoms with Crippen LogP contribution in [-0.2, 0) is 9.47 Å². The monoisotopic (exact) mass is 293 g/mol. The number of hydrogen-bond donors (Lipinski definition) is 0. The quantitative estimate of drug-likeness (QED) is 0.645. The van der Waals surface area contributed by atoms with Crippen molar-refractivity contribution in [3.05, 3.63) is 11.6 Å². The molecule has 0 saturated carbocycles. The fraction of sp³-hybridized carbons (Fsp3) is 0.769. The standard InChI is InChI=1S/C13H18F3NO3/c1-11(2,3)20-10(18)17-7-12(8-17)5-4-9(6-19-12)13(14,15)16/h4H,5-8H2,1-3H3. The van der Waals surface area contributed by atoms with E-state index in [9.17, 15) is 18.0 Å². The zero-order valence-corrected chi connectivity index (χ0v) is 11.7. The molecule has 1 fully saturated rings. The first-order valence-electron chi connectivity index (χ1n) is 6.39. The van der Waals surface area contributed by atoms with Crippen LogP contribution in [0.25, 0.3) is 0 Å². The molecule has 0 aromatic rings. The van der Waals surface area contributed by atoms with E-state index in [4.69, 9.17) is 9.47 Å². The van der Waals surface area contributed by atoms with Gasteiger partial charge in [-0.1, -0.05) is 6.08 Å². The van der Waals surface area contributed by atoms with Gasteiger partial charge >= 0.3 is 12.3 Å². The molecule has 0 aromatic carbocycles. The third kappa shape index (κ3) is 3.26. The van der Waals surface area contributed by atoms with Crippen molar-refractivity contribution in [1.82, 2.24) is 4.90 Å². The molecule has 0 radical (unpaired) electrons. The second-order valence-corrected chi connectivity index (χ2v) is 6.24. The molecular weight excluding hydrogens is 275 g/mol. The van der Waals surface area contributed by atoms with Gasteiger partial charge in [-0.15, -0.1) is 0 Å². The highest BCUT2D eigenvalue weighted by Gasteiger charge is 2.50. The number of hydrogen-bond acceptors (Lipinski definition) is 3. The van der Waals surface area contributed by atoms with Crippen LogP contribution in [0.2, 0.25) is 0 Å². The molecule has 2 aliphatic heterocycles. The molecular formula is C13H18F3NO3. The smallest absolute Gasteiger partial charge is 0.414 e. The van der Waals surface area contributed by atoms with Gasteiger partial charge in [0.1, 0.15) is 11.2 Å². The highest BCUT2D eigenvalue weighted by Crippen LogP contribution is 2.38. The Hall–Kier alpha value is -1.24. The molecule has 0 aromatic heterocycles. The number of rotatable bonds is 0. The molecule has 1 saturated heterocycles. The van der Waals surface area contributed by atoms with E-state index in [0.29, 0.717) is 0 Å². The molecule has 7 heteroatoms. The van der Waals surface area contributed by atoms with Gasteiger partial charge in [-0.05, 0) is 27.2 Å². The first-order chi connectivity index (χ1) is 9.01. The Morgan fingerprint density at radius 1 is 1.35 bits per heavy atom. The van der Waals surface area contributed by atoms with Crippen molar-refractivity contribution in [3.63, 3.8) is 0 Å². The molecule has 4 nitrogen and oxygen atoms in total. The highest BCUT2D eigenvalue weighted by molar-refractivity contribution is 5.69. The third-order valence-corrected chi connectivity index (χ3v) is 3.23. The number of carbonyl (C=O) groups excluding carboxylic acids is 1. The van der Waals surface area contributed by atoms with Crippen LogP contribution in [0.15, 0.2) is 11.6 Å². The van der Waals surface area contributed by atoms with Crippen molar-refractivity contribution in [1.29, 1.82) is 0 Å². The lowest BCUT2D eigenvalue weighted by Gasteiger charge is -2.50. The number of carbonyl (C=O) groups is 1. The Balaban J connectivity index is 1.88. The van der Waals surface area contributed by atoms with Gasteiger partial charge in [-0.2, -0.15) is 13.2 Å². The molecule has 0 unspecified atom stereocenters. The molecule has 0 aliphatic carbocycles. The Morgan fingerprint density at radius 3 is 2.35 bits per heavy atom. The third-order valence-electron chi connectivity index (χ3n) is 3.23. The van der Waals surface area contributed by atoms with Crippen molar-refractivity contribution < 1.29 is 27.4 Å². The average molecular weight is 293 g/mol. The van der Waals surface area contributed by atoms with Crippen LogP contribution in [0.5, 0.6) is 0 Å². The number of ether oxygens (including phenoxy) is 2. The second kappa shape index (κ2) is 4.65. The van der Waals surface area contributed by atoms with Crippen molar-refractivity contribution in [2.45, 2.75) is 44.6 Å². The van der Waals surface area contributed by atoms with E-state index in [1.165, 1.54) is 4.90 Å². The van der Waals surface area contributed by atoms with Gasteiger partial charge < -0.3 is 14.4 Å². The number of likely N-dealkylation sites (tertiary alicyclic amines) is 1. The normalized spacial score (nSPS) is 22.3. The zero-order valence-electron chi connectivity index (χ0n) is 11.7. The van der Waals surface area contributed by atoms with Crippen molar-refractivity contribution in [3.8, 4) is 0 Å². The molecule has 1 amide bonds. The SMILES string of the molecule is CC(C)(C)OC(=O)N1CC2(CC=C(C(F)(F)F)CO2)C1. The minimum Gasteiger partial charge on any atom is -0.444 e. The number of halogens is 3. The fourth-order valence-electron chi connectivity index (χ4n) is 2.18. The maximum absolute atomic E-state index is 12.5. The van der Waals surface area contributed by atoms with E-state index in [1.54, 1.807) is 20.8 Å². The van der Waals surface area contributed by atoms with Crippen molar-refractivity contribution >= 4 is 6.09 Å². The summed E-state index contributed by atoms with van der Waals surface area (Å²) in [6.45, 7) is 5.36. The van der Waals surface area contributed by atoms with E-state index in [0.717, 1.165) is 6.08 Å². The van der Waals surface area contributed by atoms with Crippen molar-refractivity contribution in [2.75, 3.05) is 19.7 Å². The average Bonchev–Trinajstić information content (AvgIpc) is 2.22. The van der Waals surface area contributed by atoms with Gasteiger partial charge in [0.05, 0.1) is 25.3 Å². The summed E-state index contributed by atoms with van der Waals surface area (Å²) in [5, 5.41) is 0. The Labute approximate surface area is 115 Å². The predicted molar refractivity (Wildman–Crippen MR) is 65.2 cm³/mol. The Kier molecular flexibility index (Phi) is 3.52. The van der Waals surface area contributed by atoms with Gasteiger partial charge in [-0.3, -0.25) is 0 Å². The molecule has 2 aliphatic rings. The van der Waals surface area contributed by atoms with Crippen LogP contribution < -0.4 is 0 Å². The molecule has 2 rings (SSSR count). The van der Waals surface area contributed by atoms with Crippen LogP contribution in [0.1, 0.15) is 27.2 Å². The van der Waals surface area contributed by atoms with E-state index in [1.807, 2.05) is 0 Å². The summed E-state index contributed by atoms with van der Waals surface area (Å²) >= 11 is 0. The minimum absolute atomic E-state index is 0.168. The molecule has 20 heavy (non-hydrogen) atoms. The number of nitrogens with zero attached hydrogens (tertiary/aromatic N) is 1. The van der Waals surface area contributed by atoms with E-state index in [2.05, 4.69) is 0 Å². The molecule has 114 valence electrons. The molecule has 2 heterocycles. The van der Waals surface area contributed by atoms with Gasteiger partial charge in [0.15, 0.2) is 0 Å². The molecule has 0 N–H and O–H groups in total. The summed E-state index contributed by atoms with van der Waals surface area (Å²) in [7, 11) is 0. The Bertz CT molecular complexity index is 431. The lowest BCUT2D eigenvalue weighted by atomic mass is 9.87. The summed E-state index contributed by atoms with van der Waals surface area (Å²) < 4.78 is 47.9. The zero-order chi connectivity index (χ0) is 15.2. The summed E-state index contributed by atoms with van der Waals surface area (Å²) in [6, 6.07) is 0. The van der Waals surface area contributed by atoms with Crippen LogP contribution in [0.4, 0.5) is 18.0 Å². The summed E-state index contributed by atoms with van der Waals surface area (Å²) in [5.74, 6) is 0. The lowest BCUT2D eigenvalue weighted by molar-refractivity contribution is -0.159. The number of alkyl halides is 3. The first kappa shape index (κ1) is 15.2. The minimum atomic E-state index is -4.34. The van der Waals surface area contributed by atoms with Gasteiger partial charge in [0.2, 0.25) is 0 Å². The van der Waals surface area contributed by atoms with Crippen molar-refractivity contribution in [2.24, 2.45) is 0 Å². The summed E-state index contributed by atoms with van der Waals surface area (Å²) in [4.78, 5) is 13.2. The van der Waals surface area contributed by atoms with Gasteiger partial charge in [0, 0.05) is 0 Å². The van der Waals surface area contributed by atoms with Crippen LogP contribution in [-0.4, -0.2) is 48.1 Å². The second-order valence-electron chi connectivity index (χ2n) is 6.24. The maximum Gasteiger partial charge on any atom is 0.414 e. The van der Waals surface area contributed by atoms with E-state index >= 15 is 0 Å². The molecule has 1 spiro atoms. The van der Waals surface area contributed by atoms with E-state index < -0.39 is 35.7 Å². The molecule has 0 atom stereocenters. The largest absolute Gasteiger partial charge is 0.444 e. The topological polar surface area (TPSA) is 38.8 Å². The van der Waals surface area contributed by atoms with Crippen LogP contribution >= 0.6 is 0 Å². The predicted octanol–water partition coefficient (Wildman–Crippen LogP) is 2.88. The lowest BCUT2D eigenvalue weighted by Crippen LogP contribution is -2.66. The summed E-state index contributed by atoms with van der Waals surface area (Å²) in [5.41, 5.74) is -1.92. The maximum atomic E-state index is 12.5. The van der Waals surface area contributed by atoms with Crippen LogP contribution in [0, 0.1) is 0 Å².